The summed E-state index contributed by atoms with van der Waals surface area (Å²) in [6.45, 7) is 1.66. The first-order valence-corrected chi connectivity index (χ1v) is 7.63. The number of hydrogen-bond donors (Lipinski definition) is 2. The maximum absolute atomic E-state index is 12.1. The minimum Gasteiger partial charge on any atom is -0.393 e. The molecule has 1 atom stereocenters. The first kappa shape index (κ1) is 15.7. The highest BCUT2D eigenvalue weighted by molar-refractivity contribution is 7.89. The van der Waals surface area contributed by atoms with Gasteiger partial charge in [0.1, 0.15) is 4.90 Å². The van der Waals surface area contributed by atoms with Crippen molar-refractivity contribution < 1.29 is 8.42 Å². The summed E-state index contributed by atoms with van der Waals surface area (Å²) >= 11 is 16.3. The van der Waals surface area contributed by atoms with Crippen molar-refractivity contribution in [3.05, 3.63) is 28.2 Å². The normalized spacial score (nSPS) is 13.3. The number of thiocarbonyl (C=S) groups is 1. The van der Waals surface area contributed by atoms with Gasteiger partial charge in [0.2, 0.25) is 10.0 Å². The van der Waals surface area contributed by atoms with Crippen LogP contribution >= 0.6 is 35.4 Å². The number of nitrogens with one attached hydrogen (secondary N) is 1. The highest BCUT2D eigenvalue weighted by atomic mass is 35.5. The Morgan fingerprint density at radius 2 is 2.11 bits per heavy atom. The Morgan fingerprint density at radius 3 is 2.67 bits per heavy atom. The molecule has 0 aliphatic carbocycles. The van der Waals surface area contributed by atoms with Gasteiger partial charge in [-0.1, -0.05) is 35.4 Å². The van der Waals surface area contributed by atoms with E-state index in [0.717, 1.165) is 0 Å². The summed E-state index contributed by atoms with van der Waals surface area (Å²) in [7, 11) is -3.74. The lowest BCUT2D eigenvalue weighted by Crippen LogP contribution is -2.35. The molecule has 1 rings (SSSR count). The van der Waals surface area contributed by atoms with Crippen LogP contribution in [0.15, 0.2) is 23.1 Å². The second-order valence-electron chi connectivity index (χ2n) is 3.77. The molecule has 0 saturated heterocycles. The van der Waals surface area contributed by atoms with Gasteiger partial charge in [-0.25, -0.2) is 13.1 Å². The van der Waals surface area contributed by atoms with E-state index in [0.29, 0.717) is 5.02 Å². The Balaban J connectivity index is 2.99. The smallest absolute Gasteiger partial charge is 0.242 e. The number of nitrogens with two attached hydrogens (primary N) is 1. The number of benzene rings is 1. The molecule has 100 valence electrons. The summed E-state index contributed by atoms with van der Waals surface area (Å²) < 4.78 is 26.6. The predicted molar refractivity (Wildman–Crippen MR) is 77.6 cm³/mol. The van der Waals surface area contributed by atoms with Crippen molar-refractivity contribution in [2.45, 2.75) is 24.3 Å². The molecule has 0 radical (unpaired) electrons. The van der Waals surface area contributed by atoms with Gasteiger partial charge in [0.15, 0.2) is 0 Å². The lowest BCUT2D eigenvalue weighted by Gasteiger charge is -2.14. The van der Waals surface area contributed by atoms with Crippen LogP contribution < -0.4 is 10.5 Å². The molecule has 4 nitrogen and oxygen atoms in total. The average molecular weight is 327 g/mol. The summed E-state index contributed by atoms with van der Waals surface area (Å²) in [5, 5.41) is 0.399. The standard InChI is InChI=1S/C10H12Cl2N2O2S2/c1-6(4-10(13)17)14-18(15,16)9-5-7(11)2-3-8(9)12/h2-3,5-6,14H,4H2,1H3,(H2,13,17). The van der Waals surface area contributed by atoms with E-state index in [4.69, 9.17) is 41.2 Å². The van der Waals surface area contributed by atoms with Crippen LogP contribution in [0.2, 0.25) is 10.0 Å². The molecule has 8 heteroatoms. The van der Waals surface area contributed by atoms with Gasteiger partial charge < -0.3 is 5.73 Å². The molecule has 3 N–H and O–H groups in total. The number of hydrogen-bond acceptors (Lipinski definition) is 3. The van der Waals surface area contributed by atoms with Gasteiger partial charge in [0.25, 0.3) is 0 Å². The van der Waals surface area contributed by atoms with Gasteiger partial charge in [-0.05, 0) is 25.1 Å². The van der Waals surface area contributed by atoms with Gasteiger partial charge in [0, 0.05) is 17.5 Å². The topological polar surface area (TPSA) is 72.2 Å². The van der Waals surface area contributed by atoms with Crippen LogP contribution in [0.5, 0.6) is 0 Å². The zero-order valence-corrected chi connectivity index (χ0v) is 12.6. The molecule has 0 heterocycles. The van der Waals surface area contributed by atoms with Crippen LogP contribution in [0.1, 0.15) is 13.3 Å². The molecule has 1 aromatic rings. The van der Waals surface area contributed by atoms with E-state index in [1.165, 1.54) is 18.2 Å². The van der Waals surface area contributed by atoms with Crippen LogP contribution in [0.3, 0.4) is 0 Å². The third kappa shape index (κ3) is 4.37. The minimum absolute atomic E-state index is 0.0635. The molecule has 0 spiro atoms. The van der Waals surface area contributed by atoms with E-state index in [2.05, 4.69) is 4.72 Å². The Bertz CT molecular complexity index is 561. The first-order chi connectivity index (χ1) is 8.22. The zero-order chi connectivity index (χ0) is 13.9. The molecular formula is C10H12Cl2N2O2S2. The Morgan fingerprint density at radius 1 is 1.50 bits per heavy atom. The van der Waals surface area contributed by atoms with Gasteiger partial charge in [-0.15, -0.1) is 0 Å². The highest BCUT2D eigenvalue weighted by Crippen LogP contribution is 2.25. The van der Waals surface area contributed by atoms with E-state index in [-0.39, 0.29) is 21.3 Å². The second-order valence-corrected chi connectivity index (χ2v) is 6.82. The molecule has 0 aromatic heterocycles. The molecule has 0 bridgehead atoms. The van der Waals surface area contributed by atoms with Gasteiger partial charge >= 0.3 is 0 Å². The van der Waals surface area contributed by atoms with E-state index < -0.39 is 16.1 Å². The molecule has 0 amide bonds. The third-order valence-corrected chi connectivity index (χ3v) is 4.52. The first-order valence-electron chi connectivity index (χ1n) is 4.98. The molecule has 0 aliphatic rings. The quantitative estimate of drug-likeness (QED) is 0.814. The summed E-state index contributed by atoms with van der Waals surface area (Å²) in [6.07, 6.45) is 0.271. The van der Waals surface area contributed by atoms with Crippen molar-refractivity contribution in [2.75, 3.05) is 0 Å². The van der Waals surface area contributed by atoms with Gasteiger partial charge in [0.05, 0.1) is 10.0 Å². The lowest BCUT2D eigenvalue weighted by molar-refractivity contribution is 0.565. The molecule has 18 heavy (non-hydrogen) atoms. The van der Waals surface area contributed by atoms with Crippen LogP contribution in [0, 0.1) is 0 Å². The van der Waals surface area contributed by atoms with Gasteiger partial charge in [-0.3, -0.25) is 0 Å². The predicted octanol–water partition coefficient (Wildman–Crippen LogP) is 2.34. The van der Waals surface area contributed by atoms with Crippen LogP contribution in [-0.4, -0.2) is 19.4 Å². The van der Waals surface area contributed by atoms with E-state index in [1.807, 2.05) is 0 Å². The summed E-state index contributed by atoms with van der Waals surface area (Å²) in [6, 6.07) is 3.82. The minimum atomic E-state index is -3.74. The SMILES string of the molecule is CC(CC(N)=S)NS(=O)(=O)c1cc(Cl)ccc1Cl. The number of rotatable bonds is 5. The zero-order valence-electron chi connectivity index (χ0n) is 9.48. The largest absolute Gasteiger partial charge is 0.393 e. The molecule has 0 saturated carbocycles. The molecule has 0 aliphatic heterocycles. The van der Waals surface area contributed by atoms with Crippen LogP contribution in [-0.2, 0) is 10.0 Å². The maximum Gasteiger partial charge on any atom is 0.242 e. The molecule has 1 unspecified atom stereocenters. The van der Waals surface area contributed by atoms with E-state index in [1.54, 1.807) is 6.92 Å². The van der Waals surface area contributed by atoms with Gasteiger partial charge in [-0.2, -0.15) is 0 Å². The fraction of sp³-hybridized carbons (Fsp3) is 0.300. The number of sulfonamides is 1. The van der Waals surface area contributed by atoms with Crippen molar-refractivity contribution in [3.63, 3.8) is 0 Å². The fourth-order valence-electron chi connectivity index (χ4n) is 1.35. The molecular weight excluding hydrogens is 315 g/mol. The monoisotopic (exact) mass is 326 g/mol. The highest BCUT2D eigenvalue weighted by Gasteiger charge is 2.21. The summed E-state index contributed by atoms with van der Waals surface area (Å²) in [5.74, 6) is 0. The second kappa shape index (κ2) is 6.16. The lowest BCUT2D eigenvalue weighted by atomic mass is 10.3. The third-order valence-electron chi connectivity index (χ3n) is 2.05. The van der Waals surface area contributed by atoms with E-state index in [9.17, 15) is 8.42 Å². The molecule has 0 fully saturated rings. The van der Waals surface area contributed by atoms with E-state index >= 15 is 0 Å². The van der Waals surface area contributed by atoms with Crippen molar-refractivity contribution in [1.82, 2.24) is 4.72 Å². The van der Waals surface area contributed by atoms with Crippen molar-refractivity contribution in [1.29, 1.82) is 0 Å². The average Bonchev–Trinajstić information content (AvgIpc) is 2.19. The maximum atomic E-state index is 12.1. The summed E-state index contributed by atoms with van der Waals surface area (Å²) in [4.78, 5) is 0.175. The van der Waals surface area contributed by atoms with Crippen LogP contribution in [0.4, 0.5) is 0 Å². The Labute approximate surface area is 122 Å². The number of halogens is 2. The fourth-order valence-corrected chi connectivity index (χ4v) is 3.61. The Kier molecular flexibility index (Phi) is 5.36. The summed E-state index contributed by atoms with van der Waals surface area (Å²) in [5.41, 5.74) is 5.35. The van der Waals surface area contributed by atoms with Crippen molar-refractivity contribution in [3.8, 4) is 0 Å². The van der Waals surface area contributed by atoms with Crippen LogP contribution in [0.25, 0.3) is 0 Å². The molecule has 1 aromatic carbocycles. The van der Waals surface area contributed by atoms with Crippen molar-refractivity contribution >= 4 is 50.4 Å². The van der Waals surface area contributed by atoms with Crippen molar-refractivity contribution in [2.24, 2.45) is 5.73 Å². The Hall–Kier alpha value is -0.400.